The molecule has 2 rings (SSSR count). The third kappa shape index (κ3) is 3.54. The van der Waals surface area contributed by atoms with Gasteiger partial charge in [0.25, 0.3) is 0 Å². The molecule has 3 nitrogen and oxygen atoms in total. The first-order valence-corrected chi connectivity index (χ1v) is 8.16. The van der Waals surface area contributed by atoms with Crippen LogP contribution in [0.2, 0.25) is 5.02 Å². The van der Waals surface area contributed by atoms with Crippen molar-refractivity contribution in [1.29, 1.82) is 0 Å². The lowest BCUT2D eigenvalue weighted by Crippen LogP contribution is -2.19. The number of benzene rings is 1. The van der Waals surface area contributed by atoms with Crippen molar-refractivity contribution in [2.24, 2.45) is 0 Å². The molecule has 0 aliphatic carbocycles. The average Bonchev–Trinajstić information content (AvgIpc) is 2.88. The van der Waals surface area contributed by atoms with Crippen molar-refractivity contribution in [2.75, 3.05) is 6.54 Å². The summed E-state index contributed by atoms with van der Waals surface area (Å²) in [6.07, 6.45) is 0.999. The van der Waals surface area contributed by atoms with E-state index in [1.54, 1.807) is 11.3 Å². The largest absolute Gasteiger partial charge is 0.308 e. The predicted molar refractivity (Wildman–Crippen MR) is 84.8 cm³/mol. The van der Waals surface area contributed by atoms with Gasteiger partial charge in [-0.3, -0.25) is 0 Å². The van der Waals surface area contributed by atoms with E-state index in [9.17, 15) is 0 Å². The molecular formula is C13H15BrClN3S. The van der Waals surface area contributed by atoms with Crippen LogP contribution in [0.1, 0.15) is 31.3 Å². The van der Waals surface area contributed by atoms with Crippen LogP contribution in [0.25, 0.3) is 10.6 Å². The normalized spacial score (nSPS) is 12.6. The molecule has 2 aromatic rings. The van der Waals surface area contributed by atoms with Crippen molar-refractivity contribution in [1.82, 2.24) is 15.5 Å². The van der Waals surface area contributed by atoms with E-state index in [4.69, 9.17) is 11.6 Å². The van der Waals surface area contributed by atoms with Crippen molar-refractivity contribution in [2.45, 2.75) is 26.3 Å². The Balaban J connectivity index is 2.32. The molecule has 0 aliphatic heterocycles. The summed E-state index contributed by atoms with van der Waals surface area (Å²) in [5.74, 6) is 0. The van der Waals surface area contributed by atoms with Crippen LogP contribution in [0.4, 0.5) is 0 Å². The Bertz CT molecular complexity index is 559. The van der Waals surface area contributed by atoms with Gasteiger partial charge in [0, 0.05) is 15.1 Å². The Kier molecular flexibility index (Phi) is 5.33. The zero-order chi connectivity index (χ0) is 13.8. The standard InChI is InChI=1S/C13H15BrClN3S/c1-3-11(16-4-2)13-18-17-12(19-13)9-7-8(15)5-6-10(9)14/h5-7,11,16H,3-4H2,1-2H3. The van der Waals surface area contributed by atoms with E-state index in [0.29, 0.717) is 5.02 Å². The van der Waals surface area contributed by atoms with Gasteiger partial charge in [-0.25, -0.2) is 0 Å². The summed E-state index contributed by atoms with van der Waals surface area (Å²) in [7, 11) is 0. The molecule has 0 saturated heterocycles. The molecule has 19 heavy (non-hydrogen) atoms. The van der Waals surface area contributed by atoms with Gasteiger partial charge in [-0.1, -0.05) is 52.7 Å². The molecule has 0 radical (unpaired) electrons. The Morgan fingerprint density at radius 2 is 2.16 bits per heavy atom. The quantitative estimate of drug-likeness (QED) is 0.841. The van der Waals surface area contributed by atoms with Crippen LogP contribution in [-0.2, 0) is 0 Å². The van der Waals surface area contributed by atoms with Crippen LogP contribution in [0, 0.1) is 0 Å². The minimum absolute atomic E-state index is 0.272. The molecule has 6 heteroatoms. The molecule has 0 saturated carbocycles. The number of nitrogens with one attached hydrogen (secondary N) is 1. The van der Waals surface area contributed by atoms with E-state index in [2.05, 4.69) is 45.3 Å². The van der Waals surface area contributed by atoms with E-state index in [-0.39, 0.29) is 6.04 Å². The average molecular weight is 361 g/mol. The molecule has 0 bridgehead atoms. The van der Waals surface area contributed by atoms with Gasteiger partial charge in [-0.15, -0.1) is 10.2 Å². The van der Waals surface area contributed by atoms with Crippen LogP contribution < -0.4 is 5.32 Å². The number of rotatable bonds is 5. The topological polar surface area (TPSA) is 37.8 Å². The summed E-state index contributed by atoms with van der Waals surface area (Å²) >= 11 is 11.2. The van der Waals surface area contributed by atoms with Gasteiger partial charge in [0.15, 0.2) is 0 Å². The first-order valence-electron chi connectivity index (χ1n) is 6.17. The van der Waals surface area contributed by atoms with Crippen LogP contribution in [0.5, 0.6) is 0 Å². The summed E-state index contributed by atoms with van der Waals surface area (Å²) in [6.45, 7) is 5.16. The fourth-order valence-electron chi connectivity index (χ4n) is 1.80. The van der Waals surface area contributed by atoms with E-state index < -0.39 is 0 Å². The second-order valence-electron chi connectivity index (χ2n) is 4.09. The maximum absolute atomic E-state index is 6.04. The van der Waals surface area contributed by atoms with Crippen molar-refractivity contribution in [3.8, 4) is 10.6 Å². The minimum Gasteiger partial charge on any atom is -0.308 e. The molecule has 102 valence electrons. The van der Waals surface area contributed by atoms with Gasteiger partial charge in [0.2, 0.25) is 0 Å². The summed E-state index contributed by atoms with van der Waals surface area (Å²) in [5.41, 5.74) is 0.989. The molecule has 0 spiro atoms. The molecule has 0 aliphatic rings. The van der Waals surface area contributed by atoms with E-state index in [0.717, 1.165) is 33.0 Å². The molecule has 1 heterocycles. The summed E-state index contributed by atoms with van der Waals surface area (Å²) in [4.78, 5) is 0. The van der Waals surface area contributed by atoms with Crippen molar-refractivity contribution < 1.29 is 0 Å². The highest BCUT2D eigenvalue weighted by atomic mass is 79.9. The Morgan fingerprint density at radius 1 is 1.37 bits per heavy atom. The van der Waals surface area contributed by atoms with Crippen LogP contribution in [0.15, 0.2) is 22.7 Å². The maximum Gasteiger partial charge on any atom is 0.149 e. The van der Waals surface area contributed by atoms with E-state index >= 15 is 0 Å². The van der Waals surface area contributed by atoms with Gasteiger partial charge >= 0.3 is 0 Å². The first kappa shape index (κ1) is 14.9. The second kappa shape index (κ2) is 6.79. The zero-order valence-corrected chi connectivity index (χ0v) is 13.9. The van der Waals surface area contributed by atoms with Crippen LogP contribution in [-0.4, -0.2) is 16.7 Å². The lowest BCUT2D eigenvalue weighted by molar-refractivity contribution is 0.531. The van der Waals surface area contributed by atoms with Gasteiger partial charge < -0.3 is 5.32 Å². The molecule has 1 aromatic carbocycles. The molecule has 1 N–H and O–H groups in total. The SMILES string of the molecule is CCNC(CC)c1nnc(-c2cc(Cl)ccc2Br)s1. The maximum atomic E-state index is 6.04. The van der Waals surface area contributed by atoms with E-state index in [1.807, 2.05) is 18.2 Å². The fourth-order valence-corrected chi connectivity index (χ4v) is 3.57. The van der Waals surface area contributed by atoms with Gasteiger partial charge in [-0.05, 0) is 31.2 Å². The Labute approximate surface area is 130 Å². The molecule has 1 aromatic heterocycles. The smallest absolute Gasteiger partial charge is 0.149 e. The summed E-state index contributed by atoms with van der Waals surface area (Å²) in [6, 6.07) is 5.96. The zero-order valence-electron chi connectivity index (χ0n) is 10.8. The van der Waals surface area contributed by atoms with Crippen molar-refractivity contribution in [3.05, 3.63) is 32.7 Å². The monoisotopic (exact) mass is 359 g/mol. The highest BCUT2D eigenvalue weighted by Crippen LogP contribution is 2.34. The van der Waals surface area contributed by atoms with E-state index in [1.165, 1.54) is 0 Å². The molecule has 1 atom stereocenters. The number of hydrogen-bond donors (Lipinski definition) is 1. The number of halogens is 2. The lowest BCUT2D eigenvalue weighted by Gasteiger charge is -2.11. The third-order valence-electron chi connectivity index (χ3n) is 2.76. The number of nitrogens with zero attached hydrogens (tertiary/aromatic N) is 2. The lowest BCUT2D eigenvalue weighted by atomic mass is 10.2. The summed E-state index contributed by atoms with van der Waals surface area (Å²) in [5, 5.41) is 14.6. The van der Waals surface area contributed by atoms with Crippen molar-refractivity contribution in [3.63, 3.8) is 0 Å². The minimum atomic E-state index is 0.272. The van der Waals surface area contributed by atoms with Gasteiger partial charge in [0.1, 0.15) is 10.0 Å². The van der Waals surface area contributed by atoms with Gasteiger partial charge in [-0.2, -0.15) is 0 Å². The Hall–Kier alpha value is -0.490. The molecular weight excluding hydrogens is 346 g/mol. The fraction of sp³-hybridized carbons (Fsp3) is 0.385. The first-order chi connectivity index (χ1) is 9.15. The van der Waals surface area contributed by atoms with Crippen LogP contribution >= 0.6 is 38.9 Å². The summed E-state index contributed by atoms with van der Waals surface area (Å²) < 4.78 is 0.982. The Morgan fingerprint density at radius 3 is 2.84 bits per heavy atom. The highest BCUT2D eigenvalue weighted by molar-refractivity contribution is 9.10. The molecule has 1 unspecified atom stereocenters. The molecule has 0 amide bonds. The number of hydrogen-bond acceptors (Lipinski definition) is 4. The van der Waals surface area contributed by atoms with Crippen molar-refractivity contribution >= 4 is 38.9 Å². The highest BCUT2D eigenvalue weighted by Gasteiger charge is 2.16. The number of aromatic nitrogens is 2. The predicted octanol–water partition coefficient (Wildman–Crippen LogP) is 4.68. The van der Waals surface area contributed by atoms with Gasteiger partial charge in [0.05, 0.1) is 6.04 Å². The third-order valence-corrected chi connectivity index (χ3v) is 4.75. The van der Waals surface area contributed by atoms with Crippen LogP contribution in [0.3, 0.4) is 0 Å². The second-order valence-corrected chi connectivity index (χ2v) is 6.39. The molecule has 0 fully saturated rings.